The number of ether oxygens (including phenoxy) is 1. The van der Waals surface area contributed by atoms with E-state index >= 15 is 0 Å². The van der Waals surface area contributed by atoms with Crippen LogP contribution >= 0.6 is 0 Å². The van der Waals surface area contributed by atoms with Gasteiger partial charge in [0.25, 0.3) is 5.91 Å². The fourth-order valence-electron chi connectivity index (χ4n) is 2.67. The first-order chi connectivity index (χ1) is 9.99. The lowest BCUT2D eigenvalue weighted by Crippen LogP contribution is -2.49. The molecule has 114 valence electrons. The Kier molecular flexibility index (Phi) is 4.83. The van der Waals surface area contributed by atoms with Crippen LogP contribution in [0.5, 0.6) is 5.75 Å². The summed E-state index contributed by atoms with van der Waals surface area (Å²) >= 11 is 0. The van der Waals surface area contributed by atoms with E-state index in [9.17, 15) is 14.7 Å². The minimum atomic E-state index is -0.936. The predicted molar refractivity (Wildman–Crippen MR) is 78.4 cm³/mol. The second kappa shape index (κ2) is 6.61. The number of nitrogens with zero attached hydrogens (tertiary/aromatic N) is 1. The molecule has 1 aromatic carbocycles. The van der Waals surface area contributed by atoms with E-state index in [1.165, 1.54) is 4.90 Å². The summed E-state index contributed by atoms with van der Waals surface area (Å²) in [5.41, 5.74) is 2.10. The molecule has 1 aliphatic rings. The first-order valence-electron chi connectivity index (χ1n) is 7.21. The second-order valence-electron chi connectivity index (χ2n) is 5.49. The maximum absolute atomic E-state index is 12.2. The van der Waals surface area contributed by atoms with Gasteiger partial charge in [0.15, 0.2) is 6.61 Å². The lowest BCUT2D eigenvalue weighted by Gasteiger charge is -2.32. The number of hydrogen-bond donors (Lipinski definition) is 1. The number of carbonyl (C=O) groups excluding carboxylic acids is 1. The summed E-state index contributed by atoms with van der Waals surface area (Å²) in [5, 5.41) is 9.18. The Morgan fingerprint density at radius 2 is 2.10 bits per heavy atom. The third-order valence-corrected chi connectivity index (χ3v) is 3.79. The molecule has 1 heterocycles. The van der Waals surface area contributed by atoms with Gasteiger partial charge in [-0.15, -0.1) is 0 Å². The number of rotatable bonds is 4. The maximum atomic E-state index is 12.2. The number of aliphatic carboxylic acids is 1. The standard InChI is InChI=1S/C16H21NO4/c1-11-6-7-14(12(2)9-11)21-10-15(18)17-8-4-3-5-13(17)16(19)20/h6-7,9,13H,3-5,8,10H2,1-2H3,(H,19,20). The van der Waals surface area contributed by atoms with Gasteiger partial charge in [-0.25, -0.2) is 4.79 Å². The Morgan fingerprint density at radius 3 is 2.76 bits per heavy atom. The second-order valence-corrected chi connectivity index (χ2v) is 5.49. The summed E-state index contributed by atoms with van der Waals surface area (Å²) in [5.74, 6) is -0.533. The van der Waals surface area contributed by atoms with Gasteiger partial charge in [0.05, 0.1) is 0 Å². The van der Waals surface area contributed by atoms with Crippen molar-refractivity contribution in [3.05, 3.63) is 29.3 Å². The Bertz CT molecular complexity index is 541. The Balaban J connectivity index is 1.98. The number of hydrogen-bond acceptors (Lipinski definition) is 3. The van der Waals surface area contributed by atoms with Crippen molar-refractivity contribution < 1.29 is 19.4 Å². The molecule has 1 aromatic rings. The highest BCUT2D eigenvalue weighted by Gasteiger charge is 2.31. The number of piperidine rings is 1. The Labute approximate surface area is 124 Å². The number of benzene rings is 1. The largest absolute Gasteiger partial charge is 0.483 e. The summed E-state index contributed by atoms with van der Waals surface area (Å²) in [7, 11) is 0. The first kappa shape index (κ1) is 15.4. The molecule has 1 fully saturated rings. The minimum absolute atomic E-state index is 0.117. The molecule has 0 aliphatic carbocycles. The van der Waals surface area contributed by atoms with Crippen LogP contribution in [0.2, 0.25) is 0 Å². The lowest BCUT2D eigenvalue weighted by molar-refractivity contribution is -0.152. The van der Waals surface area contributed by atoms with E-state index in [0.717, 1.165) is 24.0 Å². The summed E-state index contributed by atoms with van der Waals surface area (Å²) < 4.78 is 5.55. The molecule has 2 rings (SSSR count). The van der Waals surface area contributed by atoms with Crippen molar-refractivity contribution in [1.82, 2.24) is 4.90 Å². The zero-order chi connectivity index (χ0) is 15.4. The molecule has 1 saturated heterocycles. The van der Waals surface area contributed by atoms with Crippen LogP contribution in [0.4, 0.5) is 0 Å². The van der Waals surface area contributed by atoms with Crippen molar-refractivity contribution in [2.75, 3.05) is 13.2 Å². The summed E-state index contributed by atoms with van der Waals surface area (Å²) in [6.07, 6.45) is 2.21. The highest BCUT2D eigenvalue weighted by molar-refractivity contribution is 5.84. The van der Waals surface area contributed by atoms with Crippen molar-refractivity contribution in [3.8, 4) is 5.75 Å². The molecule has 1 atom stereocenters. The molecule has 1 aliphatic heterocycles. The number of likely N-dealkylation sites (tertiary alicyclic amines) is 1. The number of carbonyl (C=O) groups is 2. The molecule has 0 radical (unpaired) electrons. The average molecular weight is 291 g/mol. The van der Waals surface area contributed by atoms with E-state index in [4.69, 9.17) is 4.74 Å². The van der Waals surface area contributed by atoms with Crippen LogP contribution < -0.4 is 4.74 Å². The van der Waals surface area contributed by atoms with Gasteiger partial charge in [0.2, 0.25) is 0 Å². The van der Waals surface area contributed by atoms with E-state index in [1.54, 1.807) is 0 Å². The molecule has 0 bridgehead atoms. The molecule has 0 spiro atoms. The van der Waals surface area contributed by atoms with Gasteiger partial charge in [-0.2, -0.15) is 0 Å². The lowest BCUT2D eigenvalue weighted by atomic mass is 10.0. The van der Waals surface area contributed by atoms with E-state index in [2.05, 4.69) is 0 Å². The van der Waals surface area contributed by atoms with Gasteiger partial charge in [0.1, 0.15) is 11.8 Å². The topological polar surface area (TPSA) is 66.8 Å². The molecular formula is C16H21NO4. The van der Waals surface area contributed by atoms with E-state index in [1.807, 2.05) is 32.0 Å². The van der Waals surface area contributed by atoms with Crippen molar-refractivity contribution in [3.63, 3.8) is 0 Å². The van der Waals surface area contributed by atoms with Crippen LogP contribution in [0.3, 0.4) is 0 Å². The number of carboxylic acids is 1. The van der Waals surface area contributed by atoms with Crippen molar-refractivity contribution in [2.24, 2.45) is 0 Å². The van der Waals surface area contributed by atoms with Gasteiger partial charge in [-0.1, -0.05) is 17.7 Å². The fourth-order valence-corrected chi connectivity index (χ4v) is 2.67. The van der Waals surface area contributed by atoms with Crippen LogP contribution in [0.1, 0.15) is 30.4 Å². The molecule has 0 aromatic heterocycles. The molecule has 1 N–H and O–H groups in total. The normalized spacial score (nSPS) is 18.4. The van der Waals surface area contributed by atoms with Crippen LogP contribution in [-0.4, -0.2) is 41.1 Å². The molecule has 21 heavy (non-hydrogen) atoms. The quantitative estimate of drug-likeness (QED) is 0.923. The fraction of sp³-hybridized carbons (Fsp3) is 0.500. The monoisotopic (exact) mass is 291 g/mol. The van der Waals surface area contributed by atoms with Gasteiger partial charge in [0, 0.05) is 6.54 Å². The third-order valence-electron chi connectivity index (χ3n) is 3.79. The van der Waals surface area contributed by atoms with Gasteiger partial charge >= 0.3 is 5.97 Å². The average Bonchev–Trinajstić information content (AvgIpc) is 2.46. The van der Waals surface area contributed by atoms with E-state index in [-0.39, 0.29) is 12.5 Å². The van der Waals surface area contributed by atoms with Crippen LogP contribution in [0.15, 0.2) is 18.2 Å². The van der Waals surface area contributed by atoms with Gasteiger partial charge in [-0.3, -0.25) is 4.79 Å². The van der Waals surface area contributed by atoms with Crippen molar-refractivity contribution in [1.29, 1.82) is 0 Å². The number of aryl methyl sites for hydroxylation is 2. The molecule has 1 amide bonds. The zero-order valence-electron chi connectivity index (χ0n) is 12.5. The van der Waals surface area contributed by atoms with Gasteiger partial charge in [-0.05, 0) is 44.7 Å². The zero-order valence-corrected chi connectivity index (χ0v) is 12.5. The Morgan fingerprint density at radius 1 is 1.33 bits per heavy atom. The highest BCUT2D eigenvalue weighted by atomic mass is 16.5. The molecule has 0 saturated carbocycles. The number of amides is 1. The van der Waals surface area contributed by atoms with Crippen LogP contribution in [0, 0.1) is 13.8 Å². The maximum Gasteiger partial charge on any atom is 0.326 e. The van der Waals surface area contributed by atoms with E-state index < -0.39 is 12.0 Å². The van der Waals surface area contributed by atoms with E-state index in [0.29, 0.717) is 18.7 Å². The SMILES string of the molecule is Cc1ccc(OCC(=O)N2CCCCC2C(=O)O)c(C)c1. The summed E-state index contributed by atoms with van der Waals surface area (Å²) in [4.78, 5) is 24.8. The van der Waals surface area contributed by atoms with Gasteiger partial charge < -0.3 is 14.7 Å². The smallest absolute Gasteiger partial charge is 0.326 e. The predicted octanol–water partition coefficient (Wildman–Crippen LogP) is 2.15. The van der Waals surface area contributed by atoms with Crippen molar-refractivity contribution >= 4 is 11.9 Å². The third kappa shape index (κ3) is 3.74. The highest BCUT2D eigenvalue weighted by Crippen LogP contribution is 2.20. The Hall–Kier alpha value is -2.04. The minimum Gasteiger partial charge on any atom is -0.483 e. The first-order valence-corrected chi connectivity index (χ1v) is 7.21. The molecular weight excluding hydrogens is 270 g/mol. The summed E-state index contributed by atoms with van der Waals surface area (Å²) in [6.45, 7) is 4.29. The van der Waals surface area contributed by atoms with Crippen molar-refractivity contribution in [2.45, 2.75) is 39.2 Å². The molecule has 5 nitrogen and oxygen atoms in total. The molecule has 5 heteroatoms. The number of carboxylic acid groups (broad SMARTS) is 1. The van der Waals surface area contributed by atoms with Crippen LogP contribution in [-0.2, 0) is 9.59 Å². The summed E-state index contributed by atoms with van der Waals surface area (Å²) in [6, 6.07) is 5.03. The van der Waals surface area contributed by atoms with Crippen LogP contribution in [0.25, 0.3) is 0 Å². The molecule has 1 unspecified atom stereocenters.